The molecule has 2 heterocycles. The zero-order chi connectivity index (χ0) is 14.8. The van der Waals surface area contributed by atoms with E-state index in [4.69, 9.17) is 9.26 Å². The summed E-state index contributed by atoms with van der Waals surface area (Å²) in [4.78, 5) is 11.6. The Morgan fingerprint density at radius 1 is 1.55 bits per heavy atom. The number of sulfonamides is 1. The molecular formula is C10H12N4O5S. The Hall–Kier alpha value is -2.36. The van der Waals surface area contributed by atoms with E-state index in [0.29, 0.717) is 5.76 Å². The maximum atomic E-state index is 12.1. The predicted octanol–water partition coefficient (Wildman–Crippen LogP) is 0.684. The summed E-state index contributed by atoms with van der Waals surface area (Å²) in [5.74, 6) is -0.331. The third-order valence-corrected chi connectivity index (χ3v) is 3.56. The molecule has 0 atom stereocenters. The first-order valence-corrected chi connectivity index (χ1v) is 7.09. The van der Waals surface area contributed by atoms with Crippen molar-refractivity contribution in [2.24, 2.45) is 0 Å². The molecule has 0 aliphatic rings. The minimum Gasteiger partial charge on any atom is -0.462 e. The van der Waals surface area contributed by atoms with Crippen LogP contribution < -0.4 is 4.72 Å². The van der Waals surface area contributed by atoms with E-state index >= 15 is 0 Å². The molecule has 108 valence electrons. The van der Waals surface area contributed by atoms with Gasteiger partial charge in [-0.25, -0.2) is 4.79 Å². The first-order chi connectivity index (χ1) is 9.44. The Balaban J connectivity index is 2.30. The molecule has 2 N–H and O–H groups in total. The smallest absolute Gasteiger partial charge is 0.342 e. The minimum absolute atomic E-state index is 0.00640. The molecule has 2 aromatic heterocycles. The summed E-state index contributed by atoms with van der Waals surface area (Å²) in [5.41, 5.74) is -0.181. The molecule has 0 bridgehead atoms. The number of aromatic nitrogens is 3. The molecule has 0 fully saturated rings. The van der Waals surface area contributed by atoms with Crippen molar-refractivity contribution in [1.29, 1.82) is 0 Å². The van der Waals surface area contributed by atoms with Gasteiger partial charge in [-0.3, -0.25) is 9.82 Å². The van der Waals surface area contributed by atoms with Crippen molar-refractivity contribution in [2.45, 2.75) is 18.9 Å². The number of carbonyl (C=O) groups is 1. The van der Waals surface area contributed by atoms with E-state index in [1.165, 1.54) is 6.07 Å². The molecule has 0 radical (unpaired) electrons. The van der Waals surface area contributed by atoms with Crippen LogP contribution in [0.25, 0.3) is 0 Å². The summed E-state index contributed by atoms with van der Waals surface area (Å²) >= 11 is 0. The number of hydrogen-bond donors (Lipinski definition) is 2. The maximum Gasteiger partial charge on any atom is 0.342 e. The van der Waals surface area contributed by atoms with Crippen molar-refractivity contribution < 1.29 is 22.5 Å². The lowest BCUT2D eigenvalue weighted by Crippen LogP contribution is -2.17. The lowest BCUT2D eigenvalue weighted by Gasteiger charge is -2.05. The molecule has 0 amide bonds. The molecule has 0 saturated carbocycles. The molecule has 0 spiro atoms. The van der Waals surface area contributed by atoms with Crippen molar-refractivity contribution in [3.8, 4) is 0 Å². The van der Waals surface area contributed by atoms with Gasteiger partial charge >= 0.3 is 5.97 Å². The minimum atomic E-state index is -4.04. The van der Waals surface area contributed by atoms with E-state index in [1.54, 1.807) is 13.8 Å². The number of esters is 1. The van der Waals surface area contributed by atoms with Gasteiger partial charge in [0.05, 0.1) is 12.8 Å². The fraction of sp³-hybridized carbons (Fsp3) is 0.300. The van der Waals surface area contributed by atoms with Crippen LogP contribution in [-0.2, 0) is 14.8 Å². The first-order valence-electron chi connectivity index (χ1n) is 5.60. The van der Waals surface area contributed by atoms with E-state index in [0.717, 1.165) is 6.20 Å². The van der Waals surface area contributed by atoms with Crippen LogP contribution in [-0.4, -0.2) is 36.3 Å². The third-order valence-electron chi connectivity index (χ3n) is 2.24. The summed E-state index contributed by atoms with van der Waals surface area (Å²) in [6, 6.07) is 1.40. The molecule has 20 heavy (non-hydrogen) atoms. The van der Waals surface area contributed by atoms with Crippen molar-refractivity contribution in [3.05, 3.63) is 23.6 Å². The number of ether oxygens (including phenoxy) is 1. The Morgan fingerprint density at radius 2 is 2.30 bits per heavy atom. The molecule has 0 aromatic carbocycles. The van der Waals surface area contributed by atoms with Gasteiger partial charge in [0, 0.05) is 6.07 Å². The van der Waals surface area contributed by atoms with Gasteiger partial charge in [0.15, 0.2) is 10.8 Å². The zero-order valence-electron chi connectivity index (χ0n) is 10.7. The number of H-pyrrole nitrogens is 1. The Kier molecular flexibility index (Phi) is 3.74. The second kappa shape index (κ2) is 5.33. The van der Waals surface area contributed by atoms with E-state index < -0.39 is 21.0 Å². The summed E-state index contributed by atoms with van der Waals surface area (Å²) < 4.78 is 35.9. The van der Waals surface area contributed by atoms with Crippen molar-refractivity contribution >= 4 is 21.8 Å². The lowest BCUT2D eigenvalue weighted by molar-refractivity contribution is 0.0522. The average molecular weight is 300 g/mol. The number of aromatic amines is 1. The molecule has 2 aromatic rings. The van der Waals surface area contributed by atoms with Crippen LogP contribution in [0.1, 0.15) is 23.0 Å². The van der Waals surface area contributed by atoms with E-state index in [1.807, 2.05) is 0 Å². The average Bonchev–Trinajstić information content (AvgIpc) is 2.98. The summed E-state index contributed by atoms with van der Waals surface area (Å²) in [6.07, 6.45) is 1.08. The molecule has 0 aliphatic heterocycles. The number of nitrogens with zero attached hydrogens (tertiary/aromatic N) is 2. The normalized spacial score (nSPS) is 11.3. The Bertz CT molecular complexity index is 718. The van der Waals surface area contributed by atoms with Crippen LogP contribution in [0.4, 0.5) is 5.82 Å². The van der Waals surface area contributed by atoms with Gasteiger partial charge in [-0.05, 0) is 13.8 Å². The van der Waals surface area contributed by atoms with E-state index in [2.05, 4.69) is 20.1 Å². The van der Waals surface area contributed by atoms with E-state index in [9.17, 15) is 13.2 Å². The second-order valence-corrected chi connectivity index (χ2v) is 5.38. The highest BCUT2D eigenvalue weighted by atomic mass is 32.2. The number of aryl methyl sites for hydroxylation is 1. The number of hydrogen-bond acceptors (Lipinski definition) is 7. The van der Waals surface area contributed by atoms with E-state index in [-0.39, 0.29) is 18.0 Å². The molecule has 9 nitrogen and oxygen atoms in total. The number of carbonyl (C=O) groups excluding carboxylic acids is 1. The second-order valence-electron chi connectivity index (χ2n) is 3.76. The monoisotopic (exact) mass is 300 g/mol. The zero-order valence-corrected chi connectivity index (χ0v) is 11.5. The fourth-order valence-electron chi connectivity index (χ4n) is 1.44. The van der Waals surface area contributed by atoms with Crippen LogP contribution in [0.2, 0.25) is 0 Å². The number of anilines is 1. The molecule has 0 unspecified atom stereocenters. The fourth-order valence-corrected chi connectivity index (χ4v) is 2.51. The highest BCUT2D eigenvalue weighted by Gasteiger charge is 2.26. The SMILES string of the molecule is CCOC(=O)c1cn[nH]c1S(=O)(=O)Nc1cc(C)on1. The van der Waals surface area contributed by atoms with Crippen LogP contribution in [0.15, 0.2) is 21.8 Å². The quantitative estimate of drug-likeness (QED) is 0.777. The van der Waals surface area contributed by atoms with Crippen molar-refractivity contribution in [1.82, 2.24) is 15.4 Å². The van der Waals surface area contributed by atoms with Gasteiger partial charge in [-0.15, -0.1) is 0 Å². The predicted molar refractivity (Wildman–Crippen MR) is 66.6 cm³/mol. The van der Waals surface area contributed by atoms with Gasteiger partial charge in [-0.2, -0.15) is 13.5 Å². The molecule has 2 rings (SSSR count). The van der Waals surface area contributed by atoms with Crippen molar-refractivity contribution in [2.75, 3.05) is 11.3 Å². The van der Waals surface area contributed by atoms with Crippen LogP contribution in [0.3, 0.4) is 0 Å². The van der Waals surface area contributed by atoms with Gasteiger partial charge in [-0.1, -0.05) is 5.16 Å². The molecular weight excluding hydrogens is 288 g/mol. The first kappa shape index (κ1) is 14.1. The summed E-state index contributed by atoms with van der Waals surface area (Å²) in [6.45, 7) is 3.35. The highest BCUT2D eigenvalue weighted by molar-refractivity contribution is 7.92. The van der Waals surface area contributed by atoms with Gasteiger partial charge in [0.1, 0.15) is 11.3 Å². The molecule has 0 aliphatic carbocycles. The molecule has 0 saturated heterocycles. The number of nitrogens with one attached hydrogen (secondary N) is 2. The van der Waals surface area contributed by atoms with Crippen molar-refractivity contribution in [3.63, 3.8) is 0 Å². The van der Waals surface area contributed by atoms with Crippen LogP contribution in [0, 0.1) is 6.92 Å². The number of rotatable bonds is 5. The van der Waals surface area contributed by atoms with Gasteiger partial charge < -0.3 is 9.26 Å². The van der Waals surface area contributed by atoms with Gasteiger partial charge in [0.25, 0.3) is 10.0 Å². The summed E-state index contributed by atoms with van der Waals surface area (Å²) in [5, 5.41) is 8.92. The topological polar surface area (TPSA) is 127 Å². The lowest BCUT2D eigenvalue weighted by atomic mass is 10.4. The standard InChI is InChI=1S/C10H12N4O5S/c1-3-18-10(15)7-5-11-12-9(7)20(16,17)14-8-4-6(2)19-13-8/h4-5H,3H2,1-2H3,(H,11,12)(H,13,14). The largest absolute Gasteiger partial charge is 0.462 e. The van der Waals surface area contributed by atoms with Crippen LogP contribution >= 0.6 is 0 Å². The molecule has 10 heteroatoms. The Labute approximate surface area is 114 Å². The third kappa shape index (κ3) is 2.79. The maximum absolute atomic E-state index is 12.1. The highest BCUT2D eigenvalue weighted by Crippen LogP contribution is 2.18. The Morgan fingerprint density at radius 3 is 2.90 bits per heavy atom. The summed E-state index contributed by atoms with van der Waals surface area (Å²) in [7, 11) is -4.04. The van der Waals surface area contributed by atoms with Gasteiger partial charge in [0.2, 0.25) is 0 Å². The van der Waals surface area contributed by atoms with Crippen LogP contribution in [0.5, 0.6) is 0 Å².